The summed E-state index contributed by atoms with van der Waals surface area (Å²) in [5, 5.41) is 6.96. The maximum atomic E-state index is 12.9. The number of ether oxygens (including phenoxy) is 2. The van der Waals surface area contributed by atoms with Crippen LogP contribution in [0.5, 0.6) is 11.5 Å². The van der Waals surface area contributed by atoms with E-state index in [4.69, 9.17) is 25.2 Å². The molecule has 11 nitrogen and oxygen atoms in total. The molecule has 2 fully saturated rings. The molecule has 11 heteroatoms. The summed E-state index contributed by atoms with van der Waals surface area (Å²) in [5.74, 6) is 2.60. The largest absolute Gasteiger partial charge is 0.454 e. The number of nitrogens with one attached hydrogen (secondary N) is 2. The van der Waals surface area contributed by atoms with Gasteiger partial charge in [0.2, 0.25) is 12.7 Å². The zero-order valence-electron chi connectivity index (χ0n) is 22.9. The molecule has 4 N–H and O–H groups in total. The number of carbonyl (C=O) groups excluding carboxylic acids is 1. The van der Waals surface area contributed by atoms with Gasteiger partial charge in [-0.25, -0.2) is 4.98 Å². The van der Waals surface area contributed by atoms with Gasteiger partial charge in [-0.1, -0.05) is 0 Å². The van der Waals surface area contributed by atoms with E-state index in [1.54, 1.807) is 6.33 Å². The average Bonchev–Trinajstić information content (AvgIpc) is 3.66. The van der Waals surface area contributed by atoms with E-state index < -0.39 is 0 Å². The number of likely N-dealkylation sites (tertiary alicyclic amines) is 1. The van der Waals surface area contributed by atoms with Gasteiger partial charge in [-0.3, -0.25) is 9.36 Å². The fourth-order valence-corrected chi connectivity index (χ4v) is 5.83. The van der Waals surface area contributed by atoms with E-state index in [2.05, 4.69) is 15.6 Å². The molecule has 0 spiro atoms. The zero-order valence-corrected chi connectivity index (χ0v) is 22.9. The minimum Gasteiger partial charge on any atom is -0.454 e. The first-order chi connectivity index (χ1) is 20.1. The van der Waals surface area contributed by atoms with Crippen molar-refractivity contribution < 1.29 is 14.3 Å². The van der Waals surface area contributed by atoms with Gasteiger partial charge in [-0.15, -0.1) is 0 Å². The minimum absolute atomic E-state index is 0.0850. The third kappa shape index (κ3) is 5.24. The molecular weight excluding hydrogens is 520 g/mol. The smallest absolute Gasteiger partial charge is 0.253 e. The van der Waals surface area contributed by atoms with Crippen LogP contribution in [0.2, 0.25) is 0 Å². The lowest BCUT2D eigenvalue weighted by Crippen LogP contribution is -2.35. The molecule has 3 aliphatic rings. The highest BCUT2D eigenvalue weighted by molar-refractivity contribution is 5.95. The molecule has 41 heavy (non-hydrogen) atoms. The molecule has 2 aromatic heterocycles. The molecule has 1 saturated heterocycles. The second-order valence-corrected chi connectivity index (χ2v) is 11.0. The number of carbonyl (C=O) groups is 1. The molecule has 2 aromatic carbocycles. The van der Waals surface area contributed by atoms with E-state index in [0.29, 0.717) is 34.2 Å². The fraction of sp³-hybridized carbons (Fsp3) is 0.400. The monoisotopic (exact) mass is 554 g/mol. The van der Waals surface area contributed by atoms with Crippen molar-refractivity contribution in [3.63, 3.8) is 0 Å². The number of rotatable bonds is 6. The number of hydrogen-bond acceptors (Lipinski definition) is 9. The Labute approximate surface area is 238 Å². The van der Waals surface area contributed by atoms with Crippen molar-refractivity contribution in [2.24, 2.45) is 5.73 Å². The summed E-state index contributed by atoms with van der Waals surface area (Å²) in [6, 6.07) is 13.8. The molecule has 7 rings (SSSR count). The molecular formula is C30H34N8O3. The summed E-state index contributed by atoms with van der Waals surface area (Å²) in [6.07, 6.45) is 8.96. The Kier molecular flexibility index (Phi) is 6.79. The normalized spacial score (nSPS) is 20.3. The number of hydrogen-bond donors (Lipinski definition) is 3. The predicted molar refractivity (Wildman–Crippen MR) is 156 cm³/mol. The molecule has 1 amide bonds. The van der Waals surface area contributed by atoms with Crippen LogP contribution in [0.1, 0.15) is 55.3 Å². The van der Waals surface area contributed by atoms with Crippen LogP contribution in [-0.4, -0.2) is 62.3 Å². The number of imidazole rings is 1. The lowest BCUT2D eigenvalue weighted by atomic mass is 9.92. The summed E-state index contributed by atoms with van der Waals surface area (Å²) < 4.78 is 13.0. The van der Waals surface area contributed by atoms with E-state index in [0.717, 1.165) is 68.7 Å². The van der Waals surface area contributed by atoms with Crippen LogP contribution in [0.15, 0.2) is 48.8 Å². The molecule has 2 aliphatic heterocycles. The van der Waals surface area contributed by atoms with Gasteiger partial charge in [-0.2, -0.15) is 9.97 Å². The third-order valence-corrected chi connectivity index (χ3v) is 8.17. The average molecular weight is 555 g/mol. The Morgan fingerprint density at radius 3 is 2.51 bits per heavy atom. The van der Waals surface area contributed by atoms with E-state index in [1.165, 1.54) is 6.42 Å². The van der Waals surface area contributed by atoms with Gasteiger partial charge < -0.3 is 30.7 Å². The Balaban J connectivity index is 1.20. The van der Waals surface area contributed by atoms with E-state index in [9.17, 15) is 4.79 Å². The SMILES string of the molecule is NC1CCC(Nc2nc(Nc3ccc(C(=O)N4CCCCC4)cc3)c3ncn(-c4ccc5c(c4)OCO5)c3n2)CC1. The first-order valence-corrected chi connectivity index (χ1v) is 14.4. The second kappa shape index (κ2) is 10.9. The van der Waals surface area contributed by atoms with Crippen molar-refractivity contribution in [2.45, 2.75) is 57.0 Å². The fourth-order valence-electron chi connectivity index (χ4n) is 5.83. The number of aromatic nitrogens is 4. The number of nitrogens with two attached hydrogens (primary N) is 1. The molecule has 4 aromatic rings. The Hall–Kier alpha value is -4.38. The van der Waals surface area contributed by atoms with Crippen LogP contribution >= 0.6 is 0 Å². The van der Waals surface area contributed by atoms with Crippen molar-refractivity contribution in [2.75, 3.05) is 30.5 Å². The highest BCUT2D eigenvalue weighted by Gasteiger charge is 2.23. The van der Waals surface area contributed by atoms with Gasteiger partial charge in [0.05, 0.1) is 5.69 Å². The molecule has 212 valence electrons. The molecule has 0 radical (unpaired) electrons. The van der Waals surface area contributed by atoms with Gasteiger partial charge >= 0.3 is 0 Å². The third-order valence-electron chi connectivity index (χ3n) is 8.17. The van der Waals surface area contributed by atoms with Gasteiger partial charge in [0, 0.05) is 42.5 Å². The summed E-state index contributed by atoms with van der Waals surface area (Å²) in [5.41, 5.74) is 9.78. The summed E-state index contributed by atoms with van der Waals surface area (Å²) in [4.78, 5) is 29.3. The Bertz CT molecular complexity index is 1560. The van der Waals surface area contributed by atoms with Crippen LogP contribution < -0.4 is 25.8 Å². The van der Waals surface area contributed by atoms with Crippen LogP contribution in [0, 0.1) is 0 Å². The van der Waals surface area contributed by atoms with Crippen LogP contribution in [0.3, 0.4) is 0 Å². The van der Waals surface area contributed by atoms with Crippen molar-refractivity contribution in [3.05, 3.63) is 54.4 Å². The lowest BCUT2D eigenvalue weighted by molar-refractivity contribution is 0.0724. The Morgan fingerprint density at radius 1 is 0.927 bits per heavy atom. The molecule has 0 unspecified atom stereocenters. The van der Waals surface area contributed by atoms with E-state index >= 15 is 0 Å². The van der Waals surface area contributed by atoms with Crippen LogP contribution in [0.4, 0.5) is 17.5 Å². The molecule has 4 heterocycles. The summed E-state index contributed by atoms with van der Waals surface area (Å²) in [7, 11) is 0. The molecule has 0 atom stereocenters. The molecule has 1 aliphatic carbocycles. The van der Waals surface area contributed by atoms with E-state index in [-0.39, 0.29) is 24.8 Å². The van der Waals surface area contributed by atoms with Gasteiger partial charge in [0.1, 0.15) is 6.33 Å². The zero-order chi connectivity index (χ0) is 27.8. The topological polar surface area (TPSA) is 132 Å². The van der Waals surface area contributed by atoms with Crippen molar-refractivity contribution in [3.8, 4) is 17.2 Å². The summed E-state index contributed by atoms with van der Waals surface area (Å²) in [6.45, 7) is 1.86. The Morgan fingerprint density at radius 2 is 1.71 bits per heavy atom. The number of fused-ring (bicyclic) bond motifs is 2. The number of amides is 1. The van der Waals surface area contributed by atoms with Crippen LogP contribution in [0.25, 0.3) is 16.9 Å². The van der Waals surface area contributed by atoms with Crippen molar-refractivity contribution in [1.82, 2.24) is 24.4 Å². The quantitative estimate of drug-likeness (QED) is 0.313. The highest BCUT2D eigenvalue weighted by atomic mass is 16.7. The molecule has 1 saturated carbocycles. The minimum atomic E-state index is 0.0850. The number of nitrogens with zero attached hydrogens (tertiary/aromatic N) is 5. The number of piperidine rings is 1. The number of benzene rings is 2. The highest BCUT2D eigenvalue weighted by Crippen LogP contribution is 2.35. The van der Waals surface area contributed by atoms with Gasteiger partial charge in [0.25, 0.3) is 5.91 Å². The van der Waals surface area contributed by atoms with Crippen molar-refractivity contribution >= 4 is 34.5 Å². The standard InChI is InChI=1S/C30H34N8O3/c31-20-6-10-22(11-7-20)34-30-35-27(33-21-8-4-19(5-9-21)29(39)37-14-2-1-3-15-37)26-28(36-30)38(17-32-26)23-12-13-24-25(16-23)41-18-40-24/h4-5,8-9,12-13,16-17,20,22H,1-3,6-7,10-11,14-15,18,31H2,(H2,33,34,35,36). The first-order valence-electron chi connectivity index (χ1n) is 14.4. The second-order valence-electron chi connectivity index (χ2n) is 11.0. The maximum absolute atomic E-state index is 12.9. The van der Waals surface area contributed by atoms with Crippen molar-refractivity contribution in [1.29, 1.82) is 0 Å². The van der Waals surface area contributed by atoms with Gasteiger partial charge in [0.15, 0.2) is 28.5 Å². The summed E-state index contributed by atoms with van der Waals surface area (Å²) >= 11 is 0. The predicted octanol–water partition coefficient (Wildman–Crippen LogP) is 4.60. The first kappa shape index (κ1) is 25.6. The lowest BCUT2D eigenvalue weighted by Gasteiger charge is -2.27. The van der Waals surface area contributed by atoms with Gasteiger partial charge in [-0.05, 0) is 81.3 Å². The van der Waals surface area contributed by atoms with E-state index in [1.807, 2.05) is 51.9 Å². The number of anilines is 3. The van der Waals surface area contributed by atoms with Crippen LogP contribution in [-0.2, 0) is 0 Å². The molecule has 0 bridgehead atoms. The maximum Gasteiger partial charge on any atom is 0.253 e.